The van der Waals surface area contributed by atoms with Crippen molar-refractivity contribution in [2.45, 2.75) is 25.2 Å². The minimum absolute atomic E-state index is 0.0716. The summed E-state index contributed by atoms with van der Waals surface area (Å²) >= 11 is 0. The number of aliphatic carboxylic acids is 1. The molecule has 2 rings (SSSR count). The van der Waals surface area contributed by atoms with Gasteiger partial charge in [-0.25, -0.2) is 9.59 Å². The van der Waals surface area contributed by atoms with E-state index < -0.39 is 23.3 Å². The number of hydrogen-bond donors (Lipinski definition) is 3. The van der Waals surface area contributed by atoms with Crippen LogP contribution in [0.2, 0.25) is 0 Å². The van der Waals surface area contributed by atoms with Crippen molar-refractivity contribution in [3.8, 4) is 0 Å². The summed E-state index contributed by atoms with van der Waals surface area (Å²) in [6, 6.07) is 12.6. The Balaban J connectivity index is 2.47. The van der Waals surface area contributed by atoms with E-state index in [1.165, 1.54) is 24.3 Å². The van der Waals surface area contributed by atoms with Gasteiger partial charge in [0.2, 0.25) is 0 Å². The average molecular weight is 342 g/mol. The number of hydrogen-bond acceptors (Lipinski definition) is 3. The van der Waals surface area contributed by atoms with Crippen molar-refractivity contribution in [3.63, 3.8) is 0 Å². The normalized spacial score (nSPS) is 11.1. The highest BCUT2D eigenvalue weighted by Crippen LogP contribution is 2.36. The van der Waals surface area contributed by atoms with Crippen LogP contribution in [-0.2, 0) is 10.2 Å². The first kappa shape index (κ1) is 18.2. The van der Waals surface area contributed by atoms with E-state index in [0.717, 1.165) is 11.1 Å². The summed E-state index contributed by atoms with van der Waals surface area (Å²) in [5.41, 5.74) is 1.13. The molecule has 0 bridgehead atoms. The van der Waals surface area contributed by atoms with E-state index in [1.807, 2.05) is 6.92 Å². The van der Waals surface area contributed by atoms with Gasteiger partial charge in [-0.1, -0.05) is 31.2 Å². The molecule has 6 heteroatoms. The van der Waals surface area contributed by atoms with Gasteiger partial charge in [-0.15, -0.1) is 0 Å². The van der Waals surface area contributed by atoms with Crippen LogP contribution in [0.1, 0.15) is 51.6 Å². The lowest BCUT2D eigenvalue weighted by molar-refractivity contribution is -0.137. The zero-order valence-corrected chi connectivity index (χ0v) is 13.6. The molecular formula is C19H18O6. The number of rotatable bonds is 7. The van der Waals surface area contributed by atoms with Crippen LogP contribution in [0.5, 0.6) is 0 Å². The summed E-state index contributed by atoms with van der Waals surface area (Å²) in [5.74, 6) is -3.01. The molecule has 0 saturated carbocycles. The molecule has 0 aliphatic heterocycles. The topological polar surface area (TPSA) is 112 Å². The van der Waals surface area contributed by atoms with Crippen molar-refractivity contribution in [3.05, 3.63) is 70.8 Å². The minimum Gasteiger partial charge on any atom is -0.481 e. The molecule has 0 aliphatic carbocycles. The molecule has 0 spiro atoms. The Hall–Kier alpha value is -3.15. The van der Waals surface area contributed by atoms with Crippen molar-refractivity contribution in [2.75, 3.05) is 0 Å². The summed E-state index contributed by atoms with van der Waals surface area (Å²) < 4.78 is 0. The maximum Gasteiger partial charge on any atom is 0.335 e. The van der Waals surface area contributed by atoms with Crippen molar-refractivity contribution < 1.29 is 29.7 Å². The summed E-state index contributed by atoms with van der Waals surface area (Å²) in [5, 5.41) is 27.1. The van der Waals surface area contributed by atoms with Crippen LogP contribution in [0.3, 0.4) is 0 Å². The average Bonchev–Trinajstić information content (AvgIpc) is 2.59. The van der Waals surface area contributed by atoms with Gasteiger partial charge in [-0.05, 0) is 41.8 Å². The Kier molecular flexibility index (Phi) is 5.22. The van der Waals surface area contributed by atoms with E-state index in [2.05, 4.69) is 0 Å². The maximum absolute atomic E-state index is 11.0. The van der Waals surface area contributed by atoms with Gasteiger partial charge in [0.15, 0.2) is 0 Å². The van der Waals surface area contributed by atoms with Crippen LogP contribution in [0, 0.1) is 0 Å². The molecule has 3 N–H and O–H groups in total. The van der Waals surface area contributed by atoms with E-state index in [9.17, 15) is 14.4 Å². The van der Waals surface area contributed by atoms with Crippen LogP contribution >= 0.6 is 0 Å². The predicted molar refractivity (Wildman–Crippen MR) is 90.1 cm³/mol. The molecule has 0 heterocycles. The molecular weight excluding hydrogens is 324 g/mol. The molecule has 0 amide bonds. The lowest BCUT2D eigenvalue weighted by atomic mass is 9.72. The van der Waals surface area contributed by atoms with Gasteiger partial charge in [0, 0.05) is 11.8 Å². The van der Waals surface area contributed by atoms with Crippen LogP contribution in [-0.4, -0.2) is 33.2 Å². The molecule has 0 aliphatic rings. The van der Waals surface area contributed by atoms with E-state index in [0.29, 0.717) is 6.42 Å². The first-order valence-electron chi connectivity index (χ1n) is 7.63. The fourth-order valence-corrected chi connectivity index (χ4v) is 2.77. The molecule has 0 saturated heterocycles. The zero-order chi connectivity index (χ0) is 18.6. The van der Waals surface area contributed by atoms with Gasteiger partial charge in [-0.3, -0.25) is 4.79 Å². The molecule has 0 atom stereocenters. The quantitative estimate of drug-likeness (QED) is 0.712. The van der Waals surface area contributed by atoms with Gasteiger partial charge in [-0.2, -0.15) is 0 Å². The fraction of sp³-hybridized carbons (Fsp3) is 0.211. The van der Waals surface area contributed by atoms with Crippen LogP contribution in [0.15, 0.2) is 48.5 Å². The van der Waals surface area contributed by atoms with Crippen molar-refractivity contribution in [1.29, 1.82) is 0 Å². The van der Waals surface area contributed by atoms with Crippen molar-refractivity contribution >= 4 is 17.9 Å². The van der Waals surface area contributed by atoms with E-state index in [-0.39, 0.29) is 17.5 Å². The molecule has 0 radical (unpaired) electrons. The second-order valence-electron chi connectivity index (χ2n) is 5.99. The third-order valence-corrected chi connectivity index (χ3v) is 4.38. The molecule has 2 aromatic carbocycles. The Morgan fingerprint density at radius 3 is 1.40 bits per heavy atom. The molecule has 0 unspecified atom stereocenters. The number of carboxylic acids is 3. The third kappa shape index (κ3) is 4.03. The maximum atomic E-state index is 11.0. The summed E-state index contributed by atoms with van der Waals surface area (Å²) in [6.07, 6.45) is 0.221. The van der Waals surface area contributed by atoms with Gasteiger partial charge in [0.1, 0.15) is 0 Å². The fourth-order valence-electron chi connectivity index (χ4n) is 2.77. The molecule has 25 heavy (non-hydrogen) atoms. The third-order valence-electron chi connectivity index (χ3n) is 4.38. The highest BCUT2D eigenvalue weighted by molar-refractivity contribution is 5.88. The predicted octanol–water partition coefficient (Wildman–Crippen LogP) is 3.25. The number of aromatic carboxylic acids is 2. The van der Waals surface area contributed by atoms with E-state index in [1.54, 1.807) is 24.3 Å². The first-order chi connectivity index (χ1) is 11.7. The van der Waals surface area contributed by atoms with Gasteiger partial charge in [0.05, 0.1) is 11.1 Å². The summed E-state index contributed by atoms with van der Waals surface area (Å²) in [6.45, 7) is 1.86. The molecule has 2 aromatic rings. The molecule has 130 valence electrons. The highest BCUT2D eigenvalue weighted by Gasteiger charge is 2.30. The molecule has 0 fully saturated rings. The number of carbonyl (C=O) groups is 3. The summed E-state index contributed by atoms with van der Waals surface area (Å²) in [7, 11) is 0. The second kappa shape index (κ2) is 7.17. The lowest BCUT2D eigenvalue weighted by Gasteiger charge is -2.31. The van der Waals surface area contributed by atoms with Gasteiger partial charge < -0.3 is 15.3 Å². The summed E-state index contributed by atoms with van der Waals surface area (Å²) in [4.78, 5) is 33.1. The first-order valence-corrected chi connectivity index (χ1v) is 7.63. The van der Waals surface area contributed by atoms with E-state index in [4.69, 9.17) is 15.3 Å². The molecule has 0 aromatic heterocycles. The van der Waals surface area contributed by atoms with Crippen molar-refractivity contribution in [2.24, 2.45) is 0 Å². The van der Waals surface area contributed by atoms with Crippen LogP contribution in [0.25, 0.3) is 0 Å². The SMILES string of the molecule is CC(CCC(=O)O)(c1ccc(C(=O)O)cc1)c1ccc(C(=O)O)cc1. The minimum atomic E-state index is -1.04. The van der Waals surface area contributed by atoms with Gasteiger partial charge >= 0.3 is 17.9 Å². The second-order valence-corrected chi connectivity index (χ2v) is 5.99. The standard InChI is InChI=1S/C19H18O6/c1-19(11-10-16(20)21,14-6-2-12(3-7-14)17(22)23)15-8-4-13(5-9-15)18(24)25/h2-9H,10-11H2,1H3,(H,20,21)(H,22,23)(H,24,25). The Morgan fingerprint density at radius 2 is 1.12 bits per heavy atom. The Bertz CT molecular complexity index is 732. The molecule has 6 nitrogen and oxygen atoms in total. The van der Waals surface area contributed by atoms with Gasteiger partial charge in [0.25, 0.3) is 0 Å². The Labute approximate surface area is 144 Å². The van der Waals surface area contributed by atoms with Crippen molar-refractivity contribution in [1.82, 2.24) is 0 Å². The lowest BCUT2D eigenvalue weighted by Crippen LogP contribution is -2.25. The number of benzene rings is 2. The highest BCUT2D eigenvalue weighted by atomic mass is 16.4. The van der Waals surface area contributed by atoms with Crippen LogP contribution in [0.4, 0.5) is 0 Å². The van der Waals surface area contributed by atoms with E-state index >= 15 is 0 Å². The monoisotopic (exact) mass is 342 g/mol. The largest absolute Gasteiger partial charge is 0.481 e. The zero-order valence-electron chi connectivity index (χ0n) is 13.6. The smallest absolute Gasteiger partial charge is 0.335 e. The van der Waals surface area contributed by atoms with Crippen LogP contribution < -0.4 is 0 Å². The Morgan fingerprint density at radius 1 is 0.760 bits per heavy atom. The number of carboxylic acid groups (broad SMARTS) is 3.